The molecule has 0 aromatic heterocycles. The predicted molar refractivity (Wildman–Crippen MR) is 82.6 cm³/mol. The number of amides is 2. The summed E-state index contributed by atoms with van der Waals surface area (Å²) in [7, 11) is 0. The zero-order valence-electron chi connectivity index (χ0n) is 13.0. The van der Waals surface area contributed by atoms with E-state index in [9.17, 15) is 9.59 Å². The van der Waals surface area contributed by atoms with Gasteiger partial charge in [0.05, 0.1) is 6.54 Å². The summed E-state index contributed by atoms with van der Waals surface area (Å²) in [5, 5.41) is 3.30. The second-order valence-corrected chi connectivity index (χ2v) is 6.53. The molecule has 2 fully saturated rings. The number of nitrogens with zero attached hydrogens (tertiary/aromatic N) is 1. The normalized spacial score (nSPS) is 23.7. The van der Waals surface area contributed by atoms with Crippen molar-refractivity contribution in [3.63, 3.8) is 0 Å². The first-order valence-electron chi connectivity index (χ1n) is 8.45. The molecule has 1 atom stereocenters. The molecule has 0 aromatic carbocycles. The summed E-state index contributed by atoms with van der Waals surface area (Å²) >= 11 is 0. The van der Waals surface area contributed by atoms with Crippen molar-refractivity contribution in [2.24, 2.45) is 11.7 Å². The molecule has 0 bridgehead atoms. The second-order valence-electron chi connectivity index (χ2n) is 6.53. The largest absolute Gasteiger partial charge is 0.368 e. The summed E-state index contributed by atoms with van der Waals surface area (Å²) in [6.45, 7) is 1.84. The van der Waals surface area contributed by atoms with Crippen molar-refractivity contribution in [2.75, 3.05) is 19.6 Å². The van der Waals surface area contributed by atoms with Gasteiger partial charge in [0.15, 0.2) is 0 Å². The Bertz CT molecular complexity index is 347. The molecule has 1 saturated carbocycles. The molecule has 3 N–H and O–H groups in total. The average Bonchev–Trinajstić information content (AvgIpc) is 2.52. The molecule has 2 amide bonds. The van der Waals surface area contributed by atoms with Crippen LogP contribution in [0.15, 0.2) is 0 Å². The van der Waals surface area contributed by atoms with Gasteiger partial charge in [0.1, 0.15) is 0 Å². The molecule has 1 heterocycles. The van der Waals surface area contributed by atoms with E-state index in [1.54, 1.807) is 4.90 Å². The van der Waals surface area contributed by atoms with E-state index in [0.717, 1.165) is 32.4 Å². The second kappa shape index (κ2) is 8.37. The molecule has 120 valence electrons. The van der Waals surface area contributed by atoms with Gasteiger partial charge in [-0.05, 0) is 31.7 Å². The third kappa shape index (κ3) is 5.30. The fourth-order valence-electron chi connectivity index (χ4n) is 3.64. The number of nitrogens with two attached hydrogens (primary N) is 1. The van der Waals surface area contributed by atoms with Crippen molar-refractivity contribution < 1.29 is 9.59 Å². The van der Waals surface area contributed by atoms with Gasteiger partial charge in [-0.25, -0.2) is 0 Å². The molecule has 5 heteroatoms. The van der Waals surface area contributed by atoms with E-state index in [1.807, 2.05) is 0 Å². The number of hydrogen-bond donors (Lipinski definition) is 2. The van der Waals surface area contributed by atoms with Crippen LogP contribution in [0.4, 0.5) is 0 Å². The van der Waals surface area contributed by atoms with Crippen LogP contribution in [0.2, 0.25) is 0 Å². The molecule has 1 unspecified atom stereocenters. The lowest BCUT2D eigenvalue weighted by atomic mass is 9.86. The smallest absolute Gasteiger partial charge is 0.237 e. The number of primary amides is 1. The van der Waals surface area contributed by atoms with Crippen LogP contribution in [-0.4, -0.2) is 42.4 Å². The van der Waals surface area contributed by atoms with Gasteiger partial charge in [0.2, 0.25) is 11.8 Å². The van der Waals surface area contributed by atoms with Crippen LogP contribution < -0.4 is 11.1 Å². The Balaban J connectivity index is 1.85. The van der Waals surface area contributed by atoms with E-state index in [4.69, 9.17) is 5.73 Å². The van der Waals surface area contributed by atoms with Crippen LogP contribution in [0.25, 0.3) is 0 Å². The Hall–Kier alpha value is -1.10. The molecule has 1 aliphatic carbocycles. The lowest BCUT2D eigenvalue weighted by molar-refractivity contribution is -0.138. The average molecular weight is 295 g/mol. The first kappa shape index (κ1) is 16.3. The van der Waals surface area contributed by atoms with Crippen molar-refractivity contribution in [2.45, 2.75) is 63.8 Å². The summed E-state index contributed by atoms with van der Waals surface area (Å²) in [6, 6.07) is 0.130. The van der Waals surface area contributed by atoms with Crippen LogP contribution in [0.1, 0.15) is 57.8 Å². The van der Waals surface area contributed by atoms with Gasteiger partial charge in [-0.2, -0.15) is 0 Å². The minimum Gasteiger partial charge on any atom is -0.368 e. The zero-order chi connectivity index (χ0) is 15.1. The van der Waals surface area contributed by atoms with Gasteiger partial charge in [-0.3, -0.25) is 9.59 Å². The maximum atomic E-state index is 12.5. The van der Waals surface area contributed by atoms with E-state index >= 15 is 0 Å². The predicted octanol–water partition coefficient (Wildman–Crippen LogP) is 1.41. The number of piperidine rings is 1. The Morgan fingerprint density at radius 2 is 1.86 bits per heavy atom. The molecular formula is C16H29N3O2. The van der Waals surface area contributed by atoms with Gasteiger partial charge in [0, 0.05) is 19.0 Å². The van der Waals surface area contributed by atoms with Gasteiger partial charge in [-0.15, -0.1) is 0 Å². The van der Waals surface area contributed by atoms with Crippen LogP contribution in [0, 0.1) is 5.92 Å². The summed E-state index contributed by atoms with van der Waals surface area (Å²) in [5.74, 6) is 0.391. The Morgan fingerprint density at radius 1 is 1.10 bits per heavy atom. The molecule has 2 aliphatic rings. The maximum absolute atomic E-state index is 12.5. The standard InChI is InChI=1S/C16H29N3O2/c17-15(20)12-19(14-7-4-10-18-11-14)16(21)9-8-13-5-2-1-3-6-13/h13-14,18H,1-12H2,(H2,17,20). The molecule has 1 aliphatic heterocycles. The van der Waals surface area contributed by atoms with E-state index < -0.39 is 5.91 Å². The molecule has 2 rings (SSSR count). The van der Waals surface area contributed by atoms with Gasteiger partial charge >= 0.3 is 0 Å². The van der Waals surface area contributed by atoms with Crippen LogP contribution in [0.3, 0.4) is 0 Å². The van der Waals surface area contributed by atoms with Crippen LogP contribution >= 0.6 is 0 Å². The first-order chi connectivity index (χ1) is 10.2. The van der Waals surface area contributed by atoms with Gasteiger partial charge in [-0.1, -0.05) is 32.1 Å². The topological polar surface area (TPSA) is 75.4 Å². The molecule has 0 spiro atoms. The molecule has 21 heavy (non-hydrogen) atoms. The Labute approximate surface area is 127 Å². The van der Waals surface area contributed by atoms with E-state index in [0.29, 0.717) is 12.3 Å². The summed E-state index contributed by atoms with van der Waals surface area (Å²) in [4.78, 5) is 25.5. The number of carbonyl (C=O) groups excluding carboxylic acids is 2. The SMILES string of the molecule is NC(=O)CN(C(=O)CCC1CCCCC1)C1CCCNC1. The fraction of sp³-hybridized carbons (Fsp3) is 0.875. The van der Waals surface area contributed by atoms with Gasteiger partial charge in [0.25, 0.3) is 0 Å². The maximum Gasteiger partial charge on any atom is 0.237 e. The van der Waals surface area contributed by atoms with Crippen molar-refractivity contribution in [1.82, 2.24) is 10.2 Å². The highest BCUT2D eigenvalue weighted by Crippen LogP contribution is 2.27. The quantitative estimate of drug-likeness (QED) is 0.778. The number of hydrogen-bond acceptors (Lipinski definition) is 3. The van der Waals surface area contributed by atoms with E-state index in [1.165, 1.54) is 32.1 Å². The summed E-state index contributed by atoms with van der Waals surface area (Å²) < 4.78 is 0. The lowest BCUT2D eigenvalue weighted by Crippen LogP contribution is -2.51. The summed E-state index contributed by atoms with van der Waals surface area (Å²) in [5.41, 5.74) is 5.32. The number of nitrogens with one attached hydrogen (secondary N) is 1. The Kier molecular flexibility index (Phi) is 6.49. The highest BCUT2D eigenvalue weighted by molar-refractivity contribution is 5.84. The monoisotopic (exact) mass is 295 g/mol. The lowest BCUT2D eigenvalue weighted by Gasteiger charge is -2.34. The number of rotatable bonds is 6. The molecule has 1 saturated heterocycles. The van der Waals surface area contributed by atoms with Crippen molar-refractivity contribution in [1.29, 1.82) is 0 Å². The molecule has 0 aromatic rings. The van der Waals surface area contributed by atoms with Crippen LogP contribution in [-0.2, 0) is 9.59 Å². The van der Waals surface area contributed by atoms with E-state index in [2.05, 4.69) is 5.32 Å². The van der Waals surface area contributed by atoms with Crippen molar-refractivity contribution >= 4 is 11.8 Å². The van der Waals surface area contributed by atoms with E-state index in [-0.39, 0.29) is 18.5 Å². The molecule has 5 nitrogen and oxygen atoms in total. The van der Waals surface area contributed by atoms with Crippen LogP contribution in [0.5, 0.6) is 0 Å². The highest BCUT2D eigenvalue weighted by atomic mass is 16.2. The molecular weight excluding hydrogens is 266 g/mol. The fourth-order valence-corrected chi connectivity index (χ4v) is 3.64. The zero-order valence-corrected chi connectivity index (χ0v) is 13.0. The number of carbonyl (C=O) groups is 2. The van der Waals surface area contributed by atoms with Crippen molar-refractivity contribution in [3.8, 4) is 0 Å². The van der Waals surface area contributed by atoms with Crippen molar-refractivity contribution in [3.05, 3.63) is 0 Å². The first-order valence-corrected chi connectivity index (χ1v) is 8.45. The minimum atomic E-state index is -0.411. The third-order valence-corrected chi connectivity index (χ3v) is 4.85. The highest BCUT2D eigenvalue weighted by Gasteiger charge is 2.27. The minimum absolute atomic E-state index is 0.0653. The van der Waals surface area contributed by atoms with Gasteiger partial charge < -0.3 is 16.0 Å². The summed E-state index contributed by atoms with van der Waals surface area (Å²) in [6.07, 6.45) is 10.0. The molecule has 0 radical (unpaired) electrons. The Morgan fingerprint density at radius 3 is 2.48 bits per heavy atom. The third-order valence-electron chi connectivity index (χ3n) is 4.85.